The molecule has 2 aromatic carbocycles. The molecule has 1 heterocycles. The molecule has 0 bridgehead atoms. The van der Waals surface area contributed by atoms with Crippen molar-refractivity contribution in [1.29, 1.82) is 0 Å². The average Bonchev–Trinajstić information content (AvgIpc) is 3.05. The van der Waals surface area contributed by atoms with E-state index in [1.807, 2.05) is 23.6 Å². The first kappa shape index (κ1) is 22.3. The zero-order valence-electron chi connectivity index (χ0n) is 18.1. The minimum Gasteiger partial charge on any atom is -0.331 e. The fraction of sp³-hybridized carbons (Fsp3) is 0.417. The van der Waals surface area contributed by atoms with Gasteiger partial charge in [0.05, 0.1) is 12.1 Å². The zero-order valence-corrected chi connectivity index (χ0v) is 18.8. The van der Waals surface area contributed by atoms with Gasteiger partial charge < -0.3 is 9.47 Å². The first-order chi connectivity index (χ1) is 14.3. The Morgan fingerprint density at radius 3 is 2.70 bits per heavy atom. The second-order valence-electron chi connectivity index (χ2n) is 8.16. The van der Waals surface area contributed by atoms with Crippen molar-refractivity contribution < 1.29 is 9.18 Å². The maximum Gasteiger partial charge on any atom is 0.254 e. The van der Waals surface area contributed by atoms with Gasteiger partial charge in [0.1, 0.15) is 11.3 Å². The van der Waals surface area contributed by atoms with E-state index in [1.165, 1.54) is 6.07 Å². The van der Waals surface area contributed by atoms with Crippen LogP contribution in [0.4, 0.5) is 4.39 Å². The summed E-state index contributed by atoms with van der Waals surface area (Å²) in [5.74, 6) is 0.725. The number of amides is 1. The molecule has 0 unspecified atom stereocenters. The third kappa shape index (κ3) is 4.84. The summed E-state index contributed by atoms with van der Waals surface area (Å²) in [7, 11) is 0. The monoisotopic (exact) mass is 429 g/mol. The number of rotatable bonds is 8. The number of halogens is 2. The van der Waals surface area contributed by atoms with E-state index < -0.39 is 0 Å². The predicted octanol–water partition coefficient (Wildman–Crippen LogP) is 6.24. The van der Waals surface area contributed by atoms with E-state index in [1.54, 1.807) is 23.1 Å². The standard InChI is InChI=1S/C24H29ClFN3O/c1-5-12-29-21-8-6-7-20(26)23(21)27-22(29)15-28(13-11-16(2)3)24(30)18-10-9-17(4)19(25)14-18/h6-10,14,16H,5,11-13,15H2,1-4H3. The lowest BCUT2D eigenvalue weighted by Gasteiger charge is -2.24. The molecule has 1 aromatic heterocycles. The van der Waals surface area contributed by atoms with Crippen LogP contribution in [-0.2, 0) is 13.1 Å². The minimum atomic E-state index is -0.339. The van der Waals surface area contributed by atoms with E-state index in [4.69, 9.17) is 11.6 Å². The van der Waals surface area contributed by atoms with Crippen molar-refractivity contribution >= 4 is 28.5 Å². The van der Waals surface area contributed by atoms with Crippen LogP contribution in [0.2, 0.25) is 5.02 Å². The Morgan fingerprint density at radius 1 is 1.27 bits per heavy atom. The van der Waals surface area contributed by atoms with Gasteiger partial charge in [0.2, 0.25) is 0 Å². The van der Waals surface area contributed by atoms with Gasteiger partial charge in [-0.25, -0.2) is 9.37 Å². The Bertz CT molecular complexity index is 1040. The van der Waals surface area contributed by atoms with Crippen molar-refractivity contribution in [3.8, 4) is 0 Å². The van der Waals surface area contributed by atoms with E-state index in [0.717, 1.165) is 30.5 Å². The van der Waals surface area contributed by atoms with Gasteiger partial charge in [0.15, 0.2) is 5.82 Å². The maximum atomic E-state index is 14.3. The Kier molecular flexibility index (Phi) is 7.14. The first-order valence-electron chi connectivity index (χ1n) is 10.5. The maximum absolute atomic E-state index is 14.3. The highest BCUT2D eigenvalue weighted by Gasteiger charge is 2.21. The molecule has 0 fully saturated rings. The molecular weight excluding hydrogens is 401 g/mol. The van der Waals surface area contributed by atoms with Gasteiger partial charge in [-0.05, 0) is 55.5 Å². The molecule has 0 spiro atoms. The molecule has 0 radical (unpaired) electrons. The highest BCUT2D eigenvalue weighted by Crippen LogP contribution is 2.23. The molecule has 0 saturated heterocycles. The quantitative estimate of drug-likeness (QED) is 0.425. The second-order valence-corrected chi connectivity index (χ2v) is 8.57. The number of nitrogens with zero attached hydrogens (tertiary/aromatic N) is 3. The normalized spacial score (nSPS) is 11.4. The Hall–Kier alpha value is -2.40. The summed E-state index contributed by atoms with van der Waals surface area (Å²) in [4.78, 5) is 19.7. The molecule has 0 saturated carbocycles. The molecule has 3 aromatic rings. The number of carbonyl (C=O) groups is 1. The van der Waals surface area contributed by atoms with Crippen LogP contribution >= 0.6 is 11.6 Å². The number of carbonyl (C=O) groups excluding carboxylic acids is 1. The molecule has 3 rings (SSSR count). The molecule has 1 amide bonds. The smallest absolute Gasteiger partial charge is 0.254 e. The van der Waals surface area contributed by atoms with E-state index >= 15 is 0 Å². The van der Waals surface area contributed by atoms with E-state index in [2.05, 4.69) is 25.8 Å². The van der Waals surface area contributed by atoms with Gasteiger partial charge >= 0.3 is 0 Å². The lowest BCUT2D eigenvalue weighted by atomic mass is 10.1. The third-order valence-corrected chi connectivity index (χ3v) is 5.68. The lowest BCUT2D eigenvalue weighted by Crippen LogP contribution is -2.33. The average molecular weight is 430 g/mol. The molecule has 0 N–H and O–H groups in total. The van der Waals surface area contributed by atoms with Crippen LogP contribution in [0.15, 0.2) is 36.4 Å². The number of hydrogen-bond acceptors (Lipinski definition) is 2. The van der Waals surface area contributed by atoms with Crippen molar-refractivity contribution in [3.05, 3.63) is 64.2 Å². The topological polar surface area (TPSA) is 38.1 Å². The summed E-state index contributed by atoms with van der Waals surface area (Å²) >= 11 is 6.26. The summed E-state index contributed by atoms with van der Waals surface area (Å²) < 4.78 is 16.4. The number of para-hydroxylation sites is 1. The zero-order chi connectivity index (χ0) is 21.8. The Morgan fingerprint density at radius 2 is 2.03 bits per heavy atom. The van der Waals surface area contributed by atoms with Gasteiger partial charge in [0.25, 0.3) is 5.91 Å². The molecule has 0 aliphatic carbocycles. The molecular formula is C24H29ClFN3O. The van der Waals surface area contributed by atoms with Crippen molar-refractivity contribution in [2.45, 2.75) is 53.6 Å². The van der Waals surface area contributed by atoms with Gasteiger partial charge in [-0.15, -0.1) is 0 Å². The molecule has 160 valence electrons. The summed E-state index contributed by atoms with van der Waals surface area (Å²) in [6, 6.07) is 10.4. The SMILES string of the molecule is CCCn1c(CN(CCC(C)C)C(=O)c2ccc(C)c(Cl)c2)nc2c(F)cccc21. The molecule has 4 nitrogen and oxygen atoms in total. The van der Waals surface area contributed by atoms with E-state index in [-0.39, 0.29) is 11.7 Å². The van der Waals surface area contributed by atoms with Gasteiger partial charge in [-0.1, -0.05) is 44.5 Å². The van der Waals surface area contributed by atoms with E-state index in [9.17, 15) is 9.18 Å². The van der Waals surface area contributed by atoms with Gasteiger partial charge in [-0.2, -0.15) is 0 Å². The van der Waals surface area contributed by atoms with Crippen LogP contribution in [0.5, 0.6) is 0 Å². The number of benzene rings is 2. The molecule has 0 aliphatic rings. The number of imidazole rings is 1. The Balaban J connectivity index is 1.98. The van der Waals surface area contributed by atoms with Crippen LogP contribution in [0.1, 0.15) is 55.4 Å². The van der Waals surface area contributed by atoms with Crippen LogP contribution in [0.25, 0.3) is 11.0 Å². The second kappa shape index (κ2) is 9.61. The first-order valence-corrected chi connectivity index (χ1v) is 10.9. The Labute approximate surface area is 182 Å². The molecule has 0 aliphatic heterocycles. The number of aromatic nitrogens is 2. The van der Waals surface area contributed by atoms with Crippen molar-refractivity contribution in [2.75, 3.05) is 6.54 Å². The van der Waals surface area contributed by atoms with Crippen LogP contribution in [0, 0.1) is 18.7 Å². The van der Waals surface area contributed by atoms with Gasteiger partial charge in [0, 0.05) is 23.7 Å². The fourth-order valence-electron chi connectivity index (χ4n) is 3.50. The number of aryl methyl sites for hydroxylation is 2. The number of fused-ring (bicyclic) bond motifs is 1. The molecule has 30 heavy (non-hydrogen) atoms. The third-order valence-electron chi connectivity index (χ3n) is 5.27. The van der Waals surface area contributed by atoms with Crippen molar-refractivity contribution in [2.24, 2.45) is 5.92 Å². The molecule has 0 atom stereocenters. The van der Waals surface area contributed by atoms with Gasteiger partial charge in [-0.3, -0.25) is 4.79 Å². The summed E-state index contributed by atoms with van der Waals surface area (Å²) in [6.45, 7) is 9.89. The fourth-order valence-corrected chi connectivity index (χ4v) is 3.68. The summed E-state index contributed by atoms with van der Waals surface area (Å²) in [5.41, 5.74) is 2.61. The van der Waals surface area contributed by atoms with Crippen LogP contribution in [-0.4, -0.2) is 26.9 Å². The lowest BCUT2D eigenvalue weighted by molar-refractivity contribution is 0.0729. The highest BCUT2D eigenvalue weighted by atomic mass is 35.5. The van der Waals surface area contributed by atoms with Crippen LogP contribution in [0.3, 0.4) is 0 Å². The largest absolute Gasteiger partial charge is 0.331 e. The minimum absolute atomic E-state index is 0.0897. The van der Waals surface area contributed by atoms with Crippen molar-refractivity contribution in [1.82, 2.24) is 14.5 Å². The van der Waals surface area contributed by atoms with Crippen molar-refractivity contribution in [3.63, 3.8) is 0 Å². The number of hydrogen-bond donors (Lipinski definition) is 0. The summed E-state index contributed by atoms with van der Waals surface area (Å²) in [6.07, 6.45) is 1.76. The molecule has 6 heteroatoms. The van der Waals surface area contributed by atoms with Crippen LogP contribution < -0.4 is 0 Å². The van der Waals surface area contributed by atoms with E-state index in [0.29, 0.717) is 40.9 Å². The summed E-state index contributed by atoms with van der Waals surface area (Å²) in [5, 5.41) is 0.574. The predicted molar refractivity (Wildman–Crippen MR) is 120 cm³/mol. The highest BCUT2D eigenvalue weighted by molar-refractivity contribution is 6.31.